The first-order valence-corrected chi connectivity index (χ1v) is 7.31. The van der Waals surface area contributed by atoms with Crippen molar-refractivity contribution in [2.45, 2.75) is 37.7 Å². The molecule has 5 nitrogen and oxygen atoms in total. The van der Waals surface area contributed by atoms with Gasteiger partial charge in [0.05, 0.1) is 0 Å². The summed E-state index contributed by atoms with van der Waals surface area (Å²) in [6, 6.07) is 6.16. The summed E-state index contributed by atoms with van der Waals surface area (Å²) in [6.45, 7) is 2.29. The van der Waals surface area contributed by atoms with E-state index in [0.717, 1.165) is 5.56 Å². The van der Waals surface area contributed by atoms with Gasteiger partial charge in [0.1, 0.15) is 5.82 Å². The maximum atomic E-state index is 13.2. The molecule has 2 N–H and O–H groups in total. The van der Waals surface area contributed by atoms with Crippen molar-refractivity contribution in [1.82, 2.24) is 4.90 Å². The maximum Gasteiger partial charge on any atom is 0.335 e. The number of aliphatic carboxylic acids is 1. The quantitative estimate of drug-likeness (QED) is 0.888. The second-order valence-electron chi connectivity index (χ2n) is 5.88. The molecule has 2 rings (SSSR count). The number of benzene rings is 1. The molecule has 0 bridgehead atoms. The summed E-state index contributed by atoms with van der Waals surface area (Å²) in [5.41, 5.74) is -0.974. The third-order valence-electron chi connectivity index (χ3n) is 4.24. The SMILES string of the molecule is CC(CC(=O)N1CCC(O)(C(=O)O)CC1)c1cccc(F)c1. The van der Waals surface area contributed by atoms with Crippen molar-refractivity contribution >= 4 is 11.9 Å². The minimum atomic E-state index is -1.73. The number of carboxylic acids is 1. The van der Waals surface area contributed by atoms with Crippen molar-refractivity contribution < 1.29 is 24.2 Å². The first-order chi connectivity index (χ1) is 10.3. The van der Waals surface area contributed by atoms with Crippen molar-refractivity contribution in [3.05, 3.63) is 35.6 Å². The van der Waals surface area contributed by atoms with Crippen LogP contribution in [0.2, 0.25) is 0 Å². The number of piperidine rings is 1. The predicted molar refractivity (Wildman–Crippen MR) is 77.8 cm³/mol. The van der Waals surface area contributed by atoms with Gasteiger partial charge in [-0.3, -0.25) is 4.79 Å². The van der Waals surface area contributed by atoms with Crippen LogP contribution in [0.15, 0.2) is 24.3 Å². The van der Waals surface area contributed by atoms with Crippen LogP contribution in [-0.4, -0.2) is 45.7 Å². The summed E-state index contributed by atoms with van der Waals surface area (Å²) in [4.78, 5) is 24.8. The van der Waals surface area contributed by atoms with Crippen LogP contribution in [-0.2, 0) is 9.59 Å². The fraction of sp³-hybridized carbons (Fsp3) is 0.500. The fourth-order valence-corrected chi connectivity index (χ4v) is 2.66. The molecule has 1 amide bonds. The molecule has 1 aliphatic heterocycles. The van der Waals surface area contributed by atoms with E-state index in [4.69, 9.17) is 5.11 Å². The molecular weight excluding hydrogens is 289 g/mol. The Morgan fingerprint density at radius 2 is 2.00 bits per heavy atom. The Labute approximate surface area is 128 Å². The third kappa shape index (κ3) is 3.62. The Morgan fingerprint density at radius 1 is 1.36 bits per heavy atom. The normalized spacial score (nSPS) is 18.8. The van der Waals surface area contributed by atoms with Crippen molar-refractivity contribution in [2.24, 2.45) is 0 Å². The van der Waals surface area contributed by atoms with Crippen LogP contribution in [0, 0.1) is 5.82 Å². The van der Waals surface area contributed by atoms with Crippen molar-refractivity contribution in [1.29, 1.82) is 0 Å². The summed E-state index contributed by atoms with van der Waals surface area (Å²) in [7, 11) is 0. The van der Waals surface area contributed by atoms with E-state index in [1.165, 1.54) is 12.1 Å². The lowest BCUT2D eigenvalue weighted by atomic mass is 9.90. The van der Waals surface area contributed by atoms with E-state index in [-0.39, 0.29) is 50.0 Å². The molecule has 120 valence electrons. The first-order valence-electron chi connectivity index (χ1n) is 7.31. The van der Waals surface area contributed by atoms with E-state index in [2.05, 4.69) is 0 Å². The first kappa shape index (κ1) is 16.4. The summed E-state index contributed by atoms with van der Waals surface area (Å²) in [5.74, 6) is -1.80. The molecule has 1 aromatic carbocycles. The van der Waals surface area contributed by atoms with Gasteiger partial charge in [0.25, 0.3) is 0 Å². The van der Waals surface area contributed by atoms with Crippen LogP contribution in [0.3, 0.4) is 0 Å². The predicted octanol–water partition coefficient (Wildman–Crippen LogP) is 1.76. The Kier molecular flexibility index (Phi) is 4.81. The van der Waals surface area contributed by atoms with Crippen LogP contribution in [0.5, 0.6) is 0 Å². The average molecular weight is 309 g/mol. The summed E-state index contributed by atoms with van der Waals surface area (Å²) >= 11 is 0. The molecule has 1 unspecified atom stereocenters. The zero-order valence-corrected chi connectivity index (χ0v) is 12.5. The highest BCUT2D eigenvalue weighted by Gasteiger charge is 2.40. The number of amides is 1. The van der Waals surface area contributed by atoms with Crippen LogP contribution >= 0.6 is 0 Å². The number of carbonyl (C=O) groups is 2. The topological polar surface area (TPSA) is 77.8 Å². The van der Waals surface area contributed by atoms with E-state index in [0.29, 0.717) is 0 Å². The van der Waals surface area contributed by atoms with Crippen LogP contribution in [0.25, 0.3) is 0 Å². The second kappa shape index (κ2) is 6.44. The van der Waals surface area contributed by atoms with Gasteiger partial charge >= 0.3 is 5.97 Å². The van der Waals surface area contributed by atoms with E-state index < -0.39 is 11.6 Å². The van der Waals surface area contributed by atoms with Crippen LogP contribution < -0.4 is 0 Å². The number of likely N-dealkylation sites (tertiary alicyclic amines) is 1. The average Bonchev–Trinajstić information content (AvgIpc) is 2.47. The Hall–Kier alpha value is -1.95. The van der Waals surface area contributed by atoms with Gasteiger partial charge in [-0.2, -0.15) is 0 Å². The molecule has 1 heterocycles. The smallest absolute Gasteiger partial charge is 0.335 e. The third-order valence-corrected chi connectivity index (χ3v) is 4.24. The molecule has 1 fully saturated rings. The zero-order valence-electron chi connectivity index (χ0n) is 12.5. The van der Waals surface area contributed by atoms with Crippen molar-refractivity contribution in [3.63, 3.8) is 0 Å². The number of carboxylic acid groups (broad SMARTS) is 1. The molecule has 6 heteroatoms. The lowest BCUT2D eigenvalue weighted by Crippen LogP contribution is -2.50. The van der Waals surface area contributed by atoms with Crippen molar-refractivity contribution in [3.8, 4) is 0 Å². The van der Waals surface area contributed by atoms with Crippen LogP contribution in [0.1, 0.15) is 37.7 Å². The summed E-state index contributed by atoms with van der Waals surface area (Å²) in [6.07, 6.45) is 0.291. The highest BCUT2D eigenvalue weighted by Crippen LogP contribution is 2.25. The summed E-state index contributed by atoms with van der Waals surface area (Å²) in [5, 5.41) is 18.8. The number of carbonyl (C=O) groups excluding carboxylic acids is 1. The van der Waals surface area contributed by atoms with Gasteiger partial charge < -0.3 is 15.1 Å². The molecular formula is C16H20FNO4. The van der Waals surface area contributed by atoms with Gasteiger partial charge in [-0.05, 0) is 23.6 Å². The van der Waals surface area contributed by atoms with Crippen LogP contribution in [0.4, 0.5) is 4.39 Å². The standard InChI is InChI=1S/C16H20FNO4/c1-11(12-3-2-4-13(17)10-12)9-14(19)18-7-5-16(22,6-8-18)15(20)21/h2-4,10-11,22H,5-9H2,1H3,(H,20,21). The Morgan fingerprint density at radius 3 is 2.55 bits per heavy atom. The number of hydrogen-bond donors (Lipinski definition) is 2. The second-order valence-corrected chi connectivity index (χ2v) is 5.88. The fourth-order valence-electron chi connectivity index (χ4n) is 2.66. The minimum Gasteiger partial charge on any atom is -0.479 e. The van der Waals surface area contributed by atoms with E-state index in [9.17, 15) is 19.1 Å². The Bertz CT molecular complexity index is 567. The van der Waals surface area contributed by atoms with Gasteiger partial charge in [0.15, 0.2) is 5.60 Å². The largest absolute Gasteiger partial charge is 0.479 e. The number of nitrogens with zero attached hydrogens (tertiary/aromatic N) is 1. The lowest BCUT2D eigenvalue weighted by Gasteiger charge is -2.35. The monoisotopic (exact) mass is 309 g/mol. The maximum absolute atomic E-state index is 13.2. The molecule has 1 saturated heterocycles. The summed E-state index contributed by atoms with van der Waals surface area (Å²) < 4.78 is 13.2. The molecule has 0 aromatic heterocycles. The number of hydrogen-bond acceptors (Lipinski definition) is 3. The van der Waals surface area contributed by atoms with E-state index in [1.807, 2.05) is 6.92 Å². The minimum absolute atomic E-state index is 0.0302. The highest BCUT2D eigenvalue weighted by molar-refractivity contribution is 5.80. The van der Waals surface area contributed by atoms with Gasteiger partial charge in [0.2, 0.25) is 5.91 Å². The molecule has 22 heavy (non-hydrogen) atoms. The van der Waals surface area contributed by atoms with E-state index in [1.54, 1.807) is 17.0 Å². The number of rotatable bonds is 4. The molecule has 1 atom stereocenters. The molecule has 0 spiro atoms. The Balaban J connectivity index is 1.92. The van der Waals surface area contributed by atoms with Gasteiger partial charge in [-0.15, -0.1) is 0 Å². The molecule has 0 saturated carbocycles. The number of aliphatic hydroxyl groups is 1. The zero-order chi connectivity index (χ0) is 16.3. The highest BCUT2D eigenvalue weighted by atomic mass is 19.1. The molecule has 0 radical (unpaired) electrons. The molecule has 1 aliphatic rings. The van der Waals surface area contributed by atoms with Gasteiger partial charge in [-0.25, -0.2) is 9.18 Å². The van der Waals surface area contributed by atoms with Gasteiger partial charge in [0, 0.05) is 32.4 Å². The van der Waals surface area contributed by atoms with Crippen molar-refractivity contribution in [2.75, 3.05) is 13.1 Å². The molecule has 0 aliphatic carbocycles. The van der Waals surface area contributed by atoms with E-state index >= 15 is 0 Å². The molecule has 1 aromatic rings. The van der Waals surface area contributed by atoms with Gasteiger partial charge in [-0.1, -0.05) is 19.1 Å². The number of halogens is 1. The lowest BCUT2D eigenvalue weighted by molar-refractivity contribution is -0.165.